The number of para-hydroxylation sites is 1. The van der Waals surface area contributed by atoms with Gasteiger partial charge in [0.15, 0.2) is 0 Å². The number of alkyl halides is 2. The van der Waals surface area contributed by atoms with Crippen LogP contribution in [0.3, 0.4) is 0 Å². The van der Waals surface area contributed by atoms with Crippen LogP contribution in [-0.4, -0.2) is 33.0 Å². The van der Waals surface area contributed by atoms with Crippen molar-refractivity contribution in [2.75, 3.05) is 6.54 Å². The van der Waals surface area contributed by atoms with Gasteiger partial charge in [-0.1, -0.05) is 18.2 Å². The van der Waals surface area contributed by atoms with E-state index in [1.54, 1.807) is 24.5 Å². The highest BCUT2D eigenvalue weighted by molar-refractivity contribution is 5.54. The molecule has 5 nitrogen and oxygen atoms in total. The van der Waals surface area contributed by atoms with Crippen molar-refractivity contribution in [3.8, 4) is 17.1 Å². The number of hydrogen-bond donors (Lipinski definition) is 1. The second-order valence-corrected chi connectivity index (χ2v) is 6.20. The molecule has 0 bridgehead atoms. The first kappa shape index (κ1) is 16.7. The molecule has 0 radical (unpaired) electrons. The Balaban J connectivity index is 1.50. The molecule has 2 aromatic heterocycles. The summed E-state index contributed by atoms with van der Waals surface area (Å²) in [7, 11) is 0. The summed E-state index contributed by atoms with van der Waals surface area (Å²) in [6, 6.07) is 10.8. The van der Waals surface area contributed by atoms with Crippen LogP contribution in [0.25, 0.3) is 11.4 Å². The van der Waals surface area contributed by atoms with Crippen LogP contribution in [0, 0.1) is 0 Å². The average molecular weight is 356 g/mol. The summed E-state index contributed by atoms with van der Waals surface area (Å²) in [6.45, 7) is -0.776. The number of rotatable bonds is 5. The van der Waals surface area contributed by atoms with Gasteiger partial charge in [-0.15, -0.1) is 0 Å². The Kier molecular flexibility index (Phi) is 4.62. The minimum atomic E-state index is -2.82. The van der Waals surface area contributed by atoms with Crippen molar-refractivity contribution in [3.05, 3.63) is 65.7 Å². The molecule has 0 fully saturated rings. The predicted molar refractivity (Wildman–Crippen MR) is 92.7 cm³/mol. The number of nitrogens with zero attached hydrogens (tertiary/aromatic N) is 3. The quantitative estimate of drug-likeness (QED) is 0.758. The average Bonchev–Trinajstić information content (AvgIpc) is 3.07. The lowest BCUT2D eigenvalue weighted by Gasteiger charge is -2.26. The van der Waals surface area contributed by atoms with Gasteiger partial charge in [-0.2, -0.15) is 8.78 Å². The van der Waals surface area contributed by atoms with Gasteiger partial charge in [0.1, 0.15) is 11.6 Å². The molecule has 0 saturated heterocycles. The minimum Gasteiger partial charge on any atom is -0.434 e. The van der Waals surface area contributed by atoms with Crippen LogP contribution in [-0.2, 0) is 19.5 Å². The molecule has 1 aromatic carbocycles. The van der Waals surface area contributed by atoms with E-state index in [1.165, 1.54) is 0 Å². The van der Waals surface area contributed by atoms with Crippen LogP contribution in [0.5, 0.6) is 5.75 Å². The van der Waals surface area contributed by atoms with E-state index in [9.17, 15) is 8.78 Å². The predicted octanol–water partition coefficient (Wildman–Crippen LogP) is 3.63. The van der Waals surface area contributed by atoms with Gasteiger partial charge in [0.2, 0.25) is 0 Å². The maximum Gasteiger partial charge on any atom is 0.387 e. The van der Waals surface area contributed by atoms with E-state index in [4.69, 9.17) is 0 Å². The Labute approximate surface area is 149 Å². The highest BCUT2D eigenvalue weighted by Gasteiger charge is 2.22. The second-order valence-electron chi connectivity index (χ2n) is 6.20. The third kappa shape index (κ3) is 3.57. The number of H-pyrrole nitrogens is 1. The van der Waals surface area contributed by atoms with Crippen LogP contribution in [0.15, 0.2) is 48.8 Å². The number of benzene rings is 1. The van der Waals surface area contributed by atoms with E-state index in [0.717, 1.165) is 41.3 Å². The highest BCUT2D eigenvalue weighted by atomic mass is 19.3. The van der Waals surface area contributed by atoms with Crippen molar-refractivity contribution in [2.24, 2.45) is 0 Å². The largest absolute Gasteiger partial charge is 0.434 e. The minimum absolute atomic E-state index is 0.231. The number of ether oxygens (including phenoxy) is 1. The Bertz CT molecular complexity index is 882. The van der Waals surface area contributed by atoms with Crippen molar-refractivity contribution < 1.29 is 13.5 Å². The maximum absolute atomic E-state index is 12.6. The lowest BCUT2D eigenvalue weighted by atomic mass is 10.1. The lowest BCUT2D eigenvalue weighted by molar-refractivity contribution is -0.0508. The number of nitrogens with one attached hydrogen (secondary N) is 1. The molecule has 7 heteroatoms. The topological polar surface area (TPSA) is 54.0 Å². The lowest BCUT2D eigenvalue weighted by Crippen LogP contribution is -2.30. The molecule has 3 aromatic rings. The van der Waals surface area contributed by atoms with E-state index >= 15 is 0 Å². The Morgan fingerprint density at radius 1 is 1.19 bits per heavy atom. The van der Waals surface area contributed by atoms with Crippen LogP contribution >= 0.6 is 0 Å². The standard InChI is InChI=1S/C19H18F2N4O/c20-19(21)26-17-6-2-1-4-14(17)11-25-9-7-15-16(12-25)24-18(23-15)13-5-3-8-22-10-13/h1-6,8,10,19H,7,9,11-12H2,(H,23,24). The second kappa shape index (κ2) is 7.21. The van der Waals surface area contributed by atoms with E-state index in [2.05, 4.69) is 24.6 Å². The Morgan fingerprint density at radius 3 is 2.88 bits per heavy atom. The van der Waals surface area contributed by atoms with Crippen LogP contribution in [0.4, 0.5) is 8.78 Å². The van der Waals surface area contributed by atoms with Crippen LogP contribution < -0.4 is 4.74 Å². The van der Waals surface area contributed by atoms with Gasteiger partial charge in [-0.3, -0.25) is 9.88 Å². The summed E-state index contributed by atoms with van der Waals surface area (Å²) in [5.41, 5.74) is 3.81. The first-order valence-corrected chi connectivity index (χ1v) is 8.42. The zero-order valence-electron chi connectivity index (χ0n) is 14.0. The number of halogens is 2. The summed E-state index contributed by atoms with van der Waals surface area (Å²) < 4.78 is 29.8. The van der Waals surface area contributed by atoms with Gasteiger partial charge in [-0.05, 0) is 18.2 Å². The Morgan fingerprint density at radius 2 is 2.08 bits per heavy atom. The zero-order chi connectivity index (χ0) is 17.9. The smallest absolute Gasteiger partial charge is 0.387 e. The summed E-state index contributed by atoms with van der Waals surface area (Å²) in [5, 5.41) is 0. The van der Waals surface area contributed by atoms with Gasteiger partial charge in [0.05, 0.1) is 11.4 Å². The molecule has 1 N–H and O–H groups in total. The number of aromatic nitrogens is 3. The van der Waals surface area contributed by atoms with Crippen LogP contribution in [0.1, 0.15) is 17.0 Å². The number of hydrogen-bond acceptors (Lipinski definition) is 4. The number of aromatic amines is 1. The summed E-state index contributed by atoms with van der Waals surface area (Å²) in [5.74, 6) is 1.04. The van der Waals surface area contributed by atoms with E-state index in [1.807, 2.05) is 24.3 Å². The molecule has 3 heterocycles. The first-order valence-electron chi connectivity index (χ1n) is 8.42. The maximum atomic E-state index is 12.6. The van der Waals surface area contributed by atoms with Gasteiger partial charge in [-0.25, -0.2) is 4.98 Å². The molecular formula is C19H18F2N4O. The molecule has 4 rings (SSSR count). The number of pyridine rings is 1. The molecule has 1 aliphatic rings. The molecule has 0 amide bonds. The number of imidazole rings is 1. The molecule has 26 heavy (non-hydrogen) atoms. The van der Waals surface area contributed by atoms with Gasteiger partial charge in [0.25, 0.3) is 0 Å². The highest BCUT2D eigenvalue weighted by Crippen LogP contribution is 2.26. The summed E-state index contributed by atoms with van der Waals surface area (Å²) in [6.07, 6.45) is 4.32. The molecule has 0 spiro atoms. The molecular weight excluding hydrogens is 338 g/mol. The van der Waals surface area contributed by atoms with Crippen molar-refractivity contribution >= 4 is 0 Å². The van der Waals surface area contributed by atoms with Gasteiger partial charge in [0, 0.05) is 49.6 Å². The fraction of sp³-hybridized carbons (Fsp3) is 0.263. The molecule has 0 saturated carbocycles. The third-order valence-electron chi connectivity index (χ3n) is 4.43. The van der Waals surface area contributed by atoms with E-state index in [0.29, 0.717) is 13.1 Å². The van der Waals surface area contributed by atoms with Crippen molar-refractivity contribution in [1.29, 1.82) is 0 Å². The van der Waals surface area contributed by atoms with E-state index < -0.39 is 6.61 Å². The van der Waals surface area contributed by atoms with E-state index in [-0.39, 0.29) is 5.75 Å². The van der Waals surface area contributed by atoms with Crippen molar-refractivity contribution in [2.45, 2.75) is 26.1 Å². The molecule has 0 aliphatic carbocycles. The SMILES string of the molecule is FC(F)Oc1ccccc1CN1CCc2nc(-c3cccnc3)[nH]c2C1. The molecule has 0 unspecified atom stereocenters. The number of fused-ring (bicyclic) bond motifs is 1. The normalized spacial score (nSPS) is 14.4. The van der Waals surface area contributed by atoms with Crippen molar-refractivity contribution in [1.82, 2.24) is 19.9 Å². The zero-order valence-corrected chi connectivity index (χ0v) is 14.0. The van der Waals surface area contributed by atoms with Crippen LogP contribution in [0.2, 0.25) is 0 Å². The third-order valence-corrected chi connectivity index (χ3v) is 4.43. The van der Waals surface area contributed by atoms with Gasteiger partial charge < -0.3 is 9.72 Å². The molecule has 1 aliphatic heterocycles. The molecule has 0 atom stereocenters. The van der Waals surface area contributed by atoms with Gasteiger partial charge >= 0.3 is 6.61 Å². The first-order chi connectivity index (χ1) is 12.7. The summed E-state index contributed by atoms with van der Waals surface area (Å²) in [4.78, 5) is 14.4. The summed E-state index contributed by atoms with van der Waals surface area (Å²) >= 11 is 0. The van der Waals surface area contributed by atoms with Crippen molar-refractivity contribution in [3.63, 3.8) is 0 Å². The fourth-order valence-electron chi connectivity index (χ4n) is 3.21. The monoisotopic (exact) mass is 356 g/mol. The molecule has 134 valence electrons. The fourth-order valence-corrected chi connectivity index (χ4v) is 3.21. The Hall–Kier alpha value is -2.80.